The second kappa shape index (κ2) is 13.5. The molecule has 1 rings (SSSR count). The number of amides is 1. The molecule has 10 heteroatoms. The lowest BCUT2D eigenvalue weighted by Gasteiger charge is -2.16. The van der Waals surface area contributed by atoms with Crippen molar-refractivity contribution in [3.63, 3.8) is 0 Å². The van der Waals surface area contributed by atoms with E-state index < -0.39 is 6.61 Å². The van der Waals surface area contributed by atoms with Crippen molar-refractivity contribution in [3.05, 3.63) is 23.8 Å². The molecule has 1 aromatic rings. The van der Waals surface area contributed by atoms with Crippen LogP contribution >= 0.6 is 0 Å². The van der Waals surface area contributed by atoms with Gasteiger partial charge in [0.2, 0.25) is 5.91 Å². The highest BCUT2D eigenvalue weighted by molar-refractivity contribution is 5.86. The maximum absolute atomic E-state index is 12.7. The number of guanidine groups is 1. The number of halogens is 2. The quantitative estimate of drug-likeness (QED) is 0.307. The second-order valence-corrected chi connectivity index (χ2v) is 6.14. The summed E-state index contributed by atoms with van der Waals surface area (Å²) in [6, 6.07) is 4.53. The van der Waals surface area contributed by atoms with Gasteiger partial charge in [-0.15, -0.1) is 0 Å². The van der Waals surface area contributed by atoms with E-state index in [9.17, 15) is 13.6 Å². The molecule has 0 heterocycles. The molecule has 0 unspecified atom stereocenters. The van der Waals surface area contributed by atoms with Crippen LogP contribution in [0.1, 0.15) is 18.9 Å². The first-order chi connectivity index (χ1) is 13.9. The summed E-state index contributed by atoms with van der Waals surface area (Å²) in [5, 5.41) is 6.04. The average molecular weight is 416 g/mol. The molecule has 0 aliphatic rings. The van der Waals surface area contributed by atoms with E-state index in [2.05, 4.69) is 20.4 Å². The van der Waals surface area contributed by atoms with Crippen LogP contribution in [0.25, 0.3) is 0 Å². The van der Waals surface area contributed by atoms with Crippen LogP contribution in [0.3, 0.4) is 0 Å². The van der Waals surface area contributed by atoms with Gasteiger partial charge in [0.05, 0.1) is 20.2 Å². The summed E-state index contributed by atoms with van der Waals surface area (Å²) in [4.78, 5) is 17.7. The Labute approximate surface area is 170 Å². The number of benzene rings is 1. The number of nitrogens with one attached hydrogen (secondary N) is 2. The minimum Gasteiger partial charge on any atom is -0.497 e. The fourth-order valence-corrected chi connectivity index (χ4v) is 2.20. The van der Waals surface area contributed by atoms with Crippen molar-refractivity contribution in [3.8, 4) is 11.5 Å². The lowest BCUT2D eigenvalue weighted by molar-refractivity contribution is -0.127. The Balaban J connectivity index is 2.88. The number of methoxy groups -OCH3 is 1. The Kier molecular flexibility index (Phi) is 11.4. The van der Waals surface area contributed by atoms with Crippen LogP contribution in [0.2, 0.25) is 0 Å². The fourth-order valence-electron chi connectivity index (χ4n) is 2.20. The van der Waals surface area contributed by atoms with Gasteiger partial charge in [-0.05, 0) is 31.5 Å². The van der Waals surface area contributed by atoms with E-state index in [4.69, 9.17) is 9.47 Å². The van der Waals surface area contributed by atoms with Gasteiger partial charge in [0.15, 0.2) is 5.96 Å². The third kappa shape index (κ3) is 9.93. The molecule has 0 fully saturated rings. The second-order valence-electron chi connectivity index (χ2n) is 6.14. The number of rotatable bonds is 12. The molecule has 0 aliphatic heterocycles. The van der Waals surface area contributed by atoms with Crippen LogP contribution in [0.4, 0.5) is 8.78 Å². The molecular weight excluding hydrogens is 386 g/mol. The SMILES string of the molecule is CCOCCCNC(=NCc1cc(OC)ccc1OC(F)F)NCC(=O)N(C)C. The molecule has 1 aromatic carbocycles. The number of nitrogens with zero attached hydrogens (tertiary/aromatic N) is 2. The summed E-state index contributed by atoms with van der Waals surface area (Å²) in [5.74, 6) is 0.767. The Morgan fingerprint density at radius 3 is 2.66 bits per heavy atom. The van der Waals surface area contributed by atoms with Gasteiger partial charge in [0, 0.05) is 39.4 Å². The summed E-state index contributed by atoms with van der Waals surface area (Å²) in [6.45, 7) is 0.870. The summed E-state index contributed by atoms with van der Waals surface area (Å²) in [5.41, 5.74) is 0.430. The van der Waals surface area contributed by atoms with E-state index in [0.717, 1.165) is 6.42 Å². The first-order valence-corrected chi connectivity index (χ1v) is 9.29. The van der Waals surface area contributed by atoms with Gasteiger partial charge in [-0.2, -0.15) is 8.78 Å². The Morgan fingerprint density at radius 1 is 1.28 bits per heavy atom. The van der Waals surface area contributed by atoms with Gasteiger partial charge in [-0.25, -0.2) is 4.99 Å². The van der Waals surface area contributed by atoms with Crippen LogP contribution in [0.5, 0.6) is 11.5 Å². The van der Waals surface area contributed by atoms with Crippen LogP contribution in [-0.2, 0) is 16.1 Å². The largest absolute Gasteiger partial charge is 0.497 e. The highest BCUT2D eigenvalue weighted by Gasteiger charge is 2.12. The molecule has 2 N–H and O–H groups in total. The third-order valence-corrected chi connectivity index (χ3v) is 3.76. The lowest BCUT2D eigenvalue weighted by Crippen LogP contribution is -2.43. The standard InChI is InChI=1S/C19H30F2N4O4/c1-5-28-10-6-9-22-19(24-13-17(26)25(2)3)23-12-14-11-15(27-4)7-8-16(14)29-18(20)21/h7-8,11,18H,5-6,9-10,12-13H2,1-4H3,(H2,22,23,24). The summed E-state index contributed by atoms with van der Waals surface area (Å²) >= 11 is 0. The minimum absolute atomic E-state index is 0.0182. The van der Waals surface area contributed by atoms with E-state index in [1.807, 2.05) is 6.92 Å². The smallest absolute Gasteiger partial charge is 0.387 e. The zero-order valence-corrected chi connectivity index (χ0v) is 17.3. The van der Waals surface area contributed by atoms with Crippen molar-refractivity contribution in [2.24, 2.45) is 4.99 Å². The van der Waals surface area contributed by atoms with Gasteiger partial charge in [-0.3, -0.25) is 4.79 Å². The predicted molar refractivity (Wildman–Crippen MR) is 107 cm³/mol. The number of carbonyl (C=O) groups excluding carboxylic acids is 1. The van der Waals surface area contributed by atoms with Gasteiger partial charge in [0.25, 0.3) is 0 Å². The number of hydrogen-bond acceptors (Lipinski definition) is 5. The molecular formula is C19H30F2N4O4. The molecule has 0 radical (unpaired) electrons. The first-order valence-electron chi connectivity index (χ1n) is 9.29. The zero-order chi connectivity index (χ0) is 21.6. The molecule has 1 amide bonds. The van der Waals surface area contributed by atoms with Gasteiger partial charge in [0.1, 0.15) is 11.5 Å². The van der Waals surface area contributed by atoms with Gasteiger partial charge < -0.3 is 29.7 Å². The molecule has 0 spiro atoms. The van der Waals surface area contributed by atoms with E-state index >= 15 is 0 Å². The van der Waals surface area contributed by atoms with Crippen LogP contribution in [0, 0.1) is 0 Å². The molecule has 8 nitrogen and oxygen atoms in total. The number of likely N-dealkylation sites (N-methyl/N-ethyl adjacent to an activating group) is 1. The third-order valence-electron chi connectivity index (χ3n) is 3.76. The minimum atomic E-state index is -2.95. The number of alkyl halides is 2. The molecule has 29 heavy (non-hydrogen) atoms. The van der Waals surface area contributed by atoms with Crippen molar-refractivity contribution in [2.45, 2.75) is 26.5 Å². The number of carbonyl (C=O) groups is 1. The Hall–Kier alpha value is -2.62. The van der Waals surface area contributed by atoms with Crippen molar-refractivity contribution in [2.75, 3.05) is 47.5 Å². The number of aliphatic imine (C=N–C) groups is 1. The van der Waals surface area contributed by atoms with Crippen molar-refractivity contribution in [1.82, 2.24) is 15.5 Å². The highest BCUT2D eigenvalue weighted by atomic mass is 19.3. The van der Waals surface area contributed by atoms with Crippen LogP contribution < -0.4 is 20.1 Å². The average Bonchev–Trinajstić information content (AvgIpc) is 2.69. The Morgan fingerprint density at radius 2 is 2.03 bits per heavy atom. The van der Waals surface area contributed by atoms with Crippen LogP contribution in [-0.4, -0.2) is 70.9 Å². The molecule has 0 aliphatic carbocycles. The maximum Gasteiger partial charge on any atom is 0.387 e. The van der Waals surface area contributed by atoms with Crippen molar-refractivity contribution >= 4 is 11.9 Å². The number of hydrogen-bond donors (Lipinski definition) is 2. The molecule has 0 aromatic heterocycles. The molecule has 0 saturated heterocycles. The van der Waals surface area contributed by atoms with E-state index in [-0.39, 0.29) is 24.7 Å². The number of ether oxygens (including phenoxy) is 3. The molecule has 0 saturated carbocycles. The van der Waals surface area contributed by atoms with Crippen molar-refractivity contribution < 1.29 is 27.8 Å². The fraction of sp³-hybridized carbons (Fsp3) is 0.579. The normalized spacial score (nSPS) is 11.3. The summed E-state index contributed by atoms with van der Waals surface area (Å²) in [6.07, 6.45) is 0.745. The first kappa shape index (κ1) is 24.4. The monoisotopic (exact) mass is 416 g/mol. The molecule has 0 bridgehead atoms. The van der Waals surface area contributed by atoms with Crippen LogP contribution in [0.15, 0.2) is 23.2 Å². The lowest BCUT2D eigenvalue weighted by atomic mass is 10.2. The van der Waals surface area contributed by atoms with Crippen molar-refractivity contribution in [1.29, 1.82) is 0 Å². The summed E-state index contributed by atoms with van der Waals surface area (Å²) in [7, 11) is 4.79. The van der Waals surface area contributed by atoms with E-state index in [1.54, 1.807) is 20.2 Å². The molecule has 0 atom stereocenters. The highest BCUT2D eigenvalue weighted by Crippen LogP contribution is 2.26. The molecule has 164 valence electrons. The Bertz CT molecular complexity index is 657. The zero-order valence-electron chi connectivity index (χ0n) is 17.3. The van der Waals surface area contributed by atoms with Gasteiger partial charge in [-0.1, -0.05) is 0 Å². The van der Waals surface area contributed by atoms with Gasteiger partial charge >= 0.3 is 6.61 Å². The summed E-state index contributed by atoms with van der Waals surface area (Å²) < 4.78 is 40.3. The van der Waals surface area contributed by atoms with E-state index in [1.165, 1.54) is 24.1 Å². The van der Waals surface area contributed by atoms with E-state index in [0.29, 0.717) is 37.0 Å². The predicted octanol–water partition coefficient (Wildman–Crippen LogP) is 1.85. The maximum atomic E-state index is 12.7. The topological polar surface area (TPSA) is 84.4 Å².